The fourth-order valence-electron chi connectivity index (χ4n) is 7.19. The second-order valence-electron chi connectivity index (χ2n) is 11.6. The van der Waals surface area contributed by atoms with Crippen molar-refractivity contribution in [3.8, 4) is 0 Å². The fourth-order valence-corrected chi connectivity index (χ4v) is 7.19. The van der Waals surface area contributed by atoms with Crippen molar-refractivity contribution in [3.63, 3.8) is 0 Å². The van der Waals surface area contributed by atoms with Crippen molar-refractivity contribution in [3.05, 3.63) is 69.8 Å². The van der Waals surface area contributed by atoms with E-state index >= 15 is 0 Å². The number of nitrogens with two attached hydrogens (primary N) is 2. The molecule has 0 saturated carbocycles. The van der Waals surface area contributed by atoms with Gasteiger partial charge in [0.25, 0.3) is 0 Å². The highest BCUT2D eigenvalue weighted by atomic mass is 16.1. The van der Waals surface area contributed by atoms with Crippen LogP contribution in [0.15, 0.2) is 36.4 Å². The largest absolute Gasteiger partial charge is 0.366 e. The van der Waals surface area contributed by atoms with Crippen LogP contribution in [0.3, 0.4) is 0 Å². The van der Waals surface area contributed by atoms with Gasteiger partial charge in [0.15, 0.2) is 0 Å². The highest BCUT2D eigenvalue weighted by Gasteiger charge is 2.28. The molecule has 2 aromatic rings. The quantitative estimate of drug-likeness (QED) is 0.635. The smallest absolute Gasteiger partial charge is 0.248 e. The van der Waals surface area contributed by atoms with Crippen LogP contribution in [-0.2, 0) is 25.7 Å². The summed E-state index contributed by atoms with van der Waals surface area (Å²) in [5.41, 5.74) is 17.5. The number of likely N-dealkylation sites (tertiary alicyclic amines) is 2. The van der Waals surface area contributed by atoms with Crippen molar-refractivity contribution in [1.29, 1.82) is 0 Å². The Balaban J connectivity index is 0.000000155. The molecule has 6 nitrogen and oxygen atoms in total. The van der Waals surface area contributed by atoms with E-state index in [2.05, 4.69) is 21.9 Å². The number of piperidine rings is 2. The number of hydrogen-bond donors (Lipinski definition) is 2. The summed E-state index contributed by atoms with van der Waals surface area (Å²) < 4.78 is 0. The van der Waals surface area contributed by atoms with Crippen molar-refractivity contribution < 1.29 is 9.59 Å². The minimum Gasteiger partial charge on any atom is -0.366 e. The Labute approximate surface area is 227 Å². The van der Waals surface area contributed by atoms with Crippen LogP contribution in [0.2, 0.25) is 0 Å². The van der Waals surface area contributed by atoms with Gasteiger partial charge in [0.05, 0.1) is 0 Å². The molecule has 0 aromatic heterocycles. The molecule has 2 aromatic carbocycles. The number of hydrogen-bond acceptors (Lipinski definition) is 4. The van der Waals surface area contributed by atoms with E-state index in [-0.39, 0.29) is 11.8 Å². The normalized spacial score (nSPS) is 23.9. The van der Waals surface area contributed by atoms with Gasteiger partial charge >= 0.3 is 0 Å². The summed E-state index contributed by atoms with van der Waals surface area (Å²) in [6.07, 6.45) is 14.6. The lowest BCUT2D eigenvalue weighted by molar-refractivity contribution is 0.0988. The number of benzene rings is 2. The molecule has 2 atom stereocenters. The van der Waals surface area contributed by atoms with Crippen LogP contribution in [-0.4, -0.2) is 59.9 Å². The predicted octanol–water partition coefficient (Wildman–Crippen LogP) is 4.26. The highest BCUT2D eigenvalue weighted by Crippen LogP contribution is 2.30. The zero-order valence-corrected chi connectivity index (χ0v) is 22.8. The van der Waals surface area contributed by atoms with Crippen molar-refractivity contribution in [1.82, 2.24) is 9.80 Å². The summed E-state index contributed by atoms with van der Waals surface area (Å²) in [4.78, 5) is 28.4. The van der Waals surface area contributed by atoms with Gasteiger partial charge in [-0.2, -0.15) is 0 Å². The van der Waals surface area contributed by atoms with E-state index in [1.165, 1.54) is 99.8 Å². The predicted molar refractivity (Wildman–Crippen MR) is 152 cm³/mol. The summed E-state index contributed by atoms with van der Waals surface area (Å²) in [5, 5.41) is 0. The van der Waals surface area contributed by atoms with Gasteiger partial charge in [-0.3, -0.25) is 9.59 Å². The Morgan fingerprint density at radius 3 is 1.37 bits per heavy atom. The molecule has 2 fully saturated rings. The number of amides is 2. The zero-order chi connectivity index (χ0) is 26.5. The Morgan fingerprint density at radius 1 is 0.605 bits per heavy atom. The zero-order valence-electron chi connectivity index (χ0n) is 22.8. The molecule has 2 unspecified atom stereocenters. The second-order valence-corrected chi connectivity index (χ2v) is 11.6. The monoisotopic (exact) mass is 516 g/mol. The Morgan fingerprint density at radius 2 is 1.00 bits per heavy atom. The molecular formula is C32H44N4O2. The van der Waals surface area contributed by atoms with Crippen LogP contribution in [0.1, 0.15) is 94.3 Å². The van der Waals surface area contributed by atoms with Gasteiger partial charge < -0.3 is 21.3 Å². The van der Waals surface area contributed by atoms with Crippen LogP contribution in [0.25, 0.3) is 0 Å². The summed E-state index contributed by atoms with van der Waals surface area (Å²) in [6, 6.07) is 13.2. The topological polar surface area (TPSA) is 92.7 Å². The first kappa shape index (κ1) is 26.9. The minimum atomic E-state index is -0.281. The third-order valence-electron chi connectivity index (χ3n) is 9.26. The molecule has 2 saturated heterocycles. The molecule has 38 heavy (non-hydrogen) atoms. The number of nitrogens with zero attached hydrogens (tertiary/aromatic N) is 2. The summed E-state index contributed by atoms with van der Waals surface area (Å²) >= 11 is 0. The standard InChI is InChI=1S/2C16H22N2O/c2*17-16(19)14-6-4-5-12-7-8-13(11-15(12)14)18-9-2-1-3-10-18/h2*4-6,13H,1-3,7-11H2,(H2,17,19). The number of aryl methyl sites for hydroxylation is 2. The van der Waals surface area contributed by atoms with E-state index in [0.717, 1.165) is 36.8 Å². The first-order valence-electron chi connectivity index (χ1n) is 14.8. The molecule has 2 aliphatic carbocycles. The summed E-state index contributed by atoms with van der Waals surface area (Å²) in [5.74, 6) is -0.563. The average molecular weight is 517 g/mol. The maximum absolute atomic E-state index is 11.6. The molecule has 0 spiro atoms. The van der Waals surface area contributed by atoms with Crippen molar-refractivity contribution in [2.45, 2.75) is 89.1 Å². The number of rotatable bonds is 4. The SMILES string of the molecule is NC(=O)c1cccc2c1CC(N1CCCCC1)CC2.NC(=O)c1cccc2c1CC(N1CCCCC1)CC2. The van der Waals surface area contributed by atoms with Crippen LogP contribution in [0, 0.1) is 0 Å². The molecule has 4 N–H and O–H groups in total. The minimum absolute atomic E-state index is 0.281. The maximum Gasteiger partial charge on any atom is 0.248 e. The van der Waals surface area contributed by atoms with E-state index in [9.17, 15) is 9.59 Å². The van der Waals surface area contributed by atoms with E-state index in [1.807, 2.05) is 24.3 Å². The van der Waals surface area contributed by atoms with Crippen LogP contribution >= 0.6 is 0 Å². The van der Waals surface area contributed by atoms with E-state index in [4.69, 9.17) is 11.5 Å². The molecule has 4 aliphatic rings. The third kappa shape index (κ3) is 6.13. The number of primary amides is 2. The number of carbonyl (C=O) groups is 2. The molecule has 0 radical (unpaired) electrons. The van der Waals surface area contributed by atoms with Gasteiger partial charge in [-0.05, 0) is 125 Å². The van der Waals surface area contributed by atoms with Crippen LogP contribution in [0.4, 0.5) is 0 Å². The average Bonchev–Trinajstić information content (AvgIpc) is 2.97. The Bertz CT molecular complexity index is 1040. The summed E-state index contributed by atoms with van der Waals surface area (Å²) in [7, 11) is 0. The third-order valence-corrected chi connectivity index (χ3v) is 9.26. The van der Waals surface area contributed by atoms with E-state index in [1.54, 1.807) is 0 Å². The Kier molecular flexibility index (Phi) is 8.80. The van der Waals surface area contributed by atoms with E-state index < -0.39 is 0 Å². The number of carbonyl (C=O) groups excluding carboxylic acids is 2. The van der Waals surface area contributed by atoms with Crippen molar-refractivity contribution >= 4 is 11.8 Å². The van der Waals surface area contributed by atoms with Crippen LogP contribution < -0.4 is 11.5 Å². The fraction of sp³-hybridized carbons (Fsp3) is 0.562. The molecule has 2 heterocycles. The molecule has 6 heteroatoms. The van der Waals surface area contributed by atoms with Crippen molar-refractivity contribution in [2.24, 2.45) is 11.5 Å². The lowest BCUT2D eigenvalue weighted by Crippen LogP contribution is -2.42. The van der Waals surface area contributed by atoms with Gasteiger partial charge in [0.2, 0.25) is 11.8 Å². The Hall–Kier alpha value is -2.70. The first-order chi connectivity index (χ1) is 18.5. The summed E-state index contributed by atoms with van der Waals surface area (Å²) in [6.45, 7) is 4.88. The molecular weight excluding hydrogens is 472 g/mol. The second kappa shape index (κ2) is 12.4. The molecule has 204 valence electrons. The number of fused-ring (bicyclic) bond motifs is 2. The van der Waals surface area contributed by atoms with Gasteiger partial charge in [-0.15, -0.1) is 0 Å². The molecule has 0 bridgehead atoms. The molecule has 6 rings (SSSR count). The first-order valence-corrected chi connectivity index (χ1v) is 14.8. The van der Waals surface area contributed by atoms with Gasteiger partial charge in [-0.25, -0.2) is 0 Å². The van der Waals surface area contributed by atoms with Crippen molar-refractivity contribution in [2.75, 3.05) is 26.2 Å². The maximum atomic E-state index is 11.6. The molecule has 2 amide bonds. The van der Waals surface area contributed by atoms with E-state index in [0.29, 0.717) is 12.1 Å². The van der Waals surface area contributed by atoms with Gasteiger partial charge in [0.1, 0.15) is 0 Å². The lowest BCUT2D eigenvalue weighted by Gasteiger charge is -2.37. The van der Waals surface area contributed by atoms with Crippen LogP contribution in [0.5, 0.6) is 0 Å². The molecule has 2 aliphatic heterocycles. The van der Waals surface area contributed by atoms with Gasteiger partial charge in [-0.1, -0.05) is 37.1 Å². The lowest BCUT2D eigenvalue weighted by atomic mass is 9.84. The van der Waals surface area contributed by atoms with Gasteiger partial charge in [0, 0.05) is 23.2 Å². The highest BCUT2D eigenvalue weighted by molar-refractivity contribution is 5.95.